The van der Waals surface area contributed by atoms with Crippen LogP contribution in [0.4, 0.5) is 0 Å². The third-order valence-electron chi connectivity index (χ3n) is 3.94. The normalized spacial score (nSPS) is 12.6. The smallest absolute Gasteiger partial charge is 0.175 e. The Labute approximate surface area is 161 Å². The second-order valence-corrected chi connectivity index (χ2v) is 8.51. The molecular formula is C20H27NO5S. The molecule has 0 fully saturated rings. The predicted molar refractivity (Wildman–Crippen MR) is 105 cm³/mol. The maximum atomic E-state index is 11.6. The number of rotatable bonds is 10. The summed E-state index contributed by atoms with van der Waals surface area (Å²) in [4.78, 5) is 0.283. The van der Waals surface area contributed by atoms with Crippen molar-refractivity contribution in [3.8, 4) is 11.5 Å². The van der Waals surface area contributed by atoms with Gasteiger partial charge in [-0.25, -0.2) is 8.42 Å². The van der Waals surface area contributed by atoms with Crippen LogP contribution in [0.3, 0.4) is 0 Å². The van der Waals surface area contributed by atoms with E-state index in [-0.39, 0.29) is 11.5 Å². The van der Waals surface area contributed by atoms with Crippen LogP contribution in [-0.2, 0) is 9.84 Å². The van der Waals surface area contributed by atoms with E-state index in [2.05, 4.69) is 5.32 Å². The zero-order valence-electron chi connectivity index (χ0n) is 15.9. The Hall–Kier alpha value is -2.09. The summed E-state index contributed by atoms with van der Waals surface area (Å²) in [5.74, 6) is 1.35. The van der Waals surface area contributed by atoms with Gasteiger partial charge in [-0.15, -0.1) is 0 Å². The molecule has 2 aromatic carbocycles. The van der Waals surface area contributed by atoms with Crippen molar-refractivity contribution in [3.63, 3.8) is 0 Å². The van der Waals surface area contributed by atoms with Gasteiger partial charge < -0.3 is 19.9 Å². The second-order valence-electron chi connectivity index (χ2n) is 6.53. The van der Waals surface area contributed by atoms with Crippen LogP contribution in [0, 0.1) is 13.8 Å². The third kappa shape index (κ3) is 7.21. The average Bonchev–Trinajstić information content (AvgIpc) is 2.60. The molecule has 2 rings (SSSR count). The lowest BCUT2D eigenvalue weighted by molar-refractivity contribution is 0.105. The Kier molecular flexibility index (Phi) is 7.65. The maximum Gasteiger partial charge on any atom is 0.175 e. The fourth-order valence-corrected chi connectivity index (χ4v) is 3.48. The number of hydrogen-bond acceptors (Lipinski definition) is 6. The molecule has 0 heterocycles. The zero-order chi connectivity index (χ0) is 19.9. The summed E-state index contributed by atoms with van der Waals surface area (Å²) in [7, 11) is -3.25. The summed E-state index contributed by atoms with van der Waals surface area (Å²) >= 11 is 0. The number of benzene rings is 2. The Balaban J connectivity index is 1.66. The Morgan fingerprint density at radius 1 is 1.04 bits per heavy atom. The number of aliphatic hydroxyl groups is 1. The molecule has 0 radical (unpaired) electrons. The molecular weight excluding hydrogens is 366 g/mol. The van der Waals surface area contributed by atoms with Gasteiger partial charge in [0.1, 0.15) is 30.8 Å². The number of nitrogens with one attached hydrogen (secondary N) is 1. The average molecular weight is 394 g/mol. The third-order valence-corrected chi connectivity index (χ3v) is 5.19. The zero-order valence-corrected chi connectivity index (χ0v) is 16.8. The first kappa shape index (κ1) is 21.2. The molecule has 0 aliphatic heterocycles. The summed E-state index contributed by atoms with van der Waals surface area (Å²) in [6, 6.07) is 12.6. The van der Waals surface area contributed by atoms with E-state index in [1.165, 1.54) is 17.9 Å². The van der Waals surface area contributed by atoms with Crippen molar-refractivity contribution >= 4 is 9.84 Å². The number of ether oxygens (including phenoxy) is 2. The summed E-state index contributed by atoms with van der Waals surface area (Å²) < 4.78 is 34.4. The van der Waals surface area contributed by atoms with Crippen LogP contribution in [0.15, 0.2) is 47.4 Å². The molecule has 0 saturated carbocycles. The van der Waals surface area contributed by atoms with E-state index < -0.39 is 15.9 Å². The molecule has 0 aliphatic rings. The molecule has 7 heteroatoms. The van der Waals surface area contributed by atoms with Crippen molar-refractivity contribution in [1.29, 1.82) is 0 Å². The highest BCUT2D eigenvalue weighted by Gasteiger charge is 2.12. The lowest BCUT2D eigenvalue weighted by Crippen LogP contribution is -2.33. The van der Waals surface area contributed by atoms with Gasteiger partial charge in [-0.1, -0.05) is 17.7 Å². The molecule has 2 aromatic rings. The fraction of sp³-hybridized carbons (Fsp3) is 0.400. The van der Waals surface area contributed by atoms with Crippen molar-refractivity contribution in [3.05, 3.63) is 53.6 Å². The second kappa shape index (κ2) is 9.73. The van der Waals surface area contributed by atoms with Crippen LogP contribution in [-0.4, -0.2) is 52.2 Å². The van der Waals surface area contributed by atoms with Gasteiger partial charge in [0, 0.05) is 19.3 Å². The van der Waals surface area contributed by atoms with E-state index in [4.69, 9.17) is 9.47 Å². The molecule has 27 heavy (non-hydrogen) atoms. The highest BCUT2D eigenvalue weighted by atomic mass is 32.2. The lowest BCUT2D eigenvalue weighted by Gasteiger charge is -2.14. The molecule has 148 valence electrons. The van der Waals surface area contributed by atoms with E-state index in [1.807, 2.05) is 31.2 Å². The number of aliphatic hydroxyl groups excluding tert-OH is 1. The first-order valence-electron chi connectivity index (χ1n) is 8.77. The first-order chi connectivity index (χ1) is 12.8. The monoisotopic (exact) mass is 393 g/mol. The van der Waals surface area contributed by atoms with Gasteiger partial charge in [-0.3, -0.25) is 0 Å². The topological polar surface area (TPSA) is 84.9 Å². The van der Waals surface area contributed by atoms with Crippen LogP contribution < -0.4 is 14.8 Å². The van der Waals surface area contributed by atoms with E-state index in [0.717, 1.165) is 5.75 Å². The predicted octanol–water partition coefficient (Wildman–Crippen LogP) is 2.12. The van der Waals surface area contributed by atoms with Crippen LogP contribution in [0.25, 0.3) is 0 Å². The summed E-state index contributed by atoms with van der Waals surface area (Å²) in [6.07, 6.45) is 0.493. The van der Waals surface area contributed by atoms with Gasteiger partial charge in [0.05, 0.1) is 4.90 Å². The highest BCUT2D eigenvalue weighted by Crippen LogP contribution is 2.21. The van der Waals surface area contributed by atoms with Crippen molar-refractivity contribution in [2.75, 3.05) is 32.6 Å². The van der Waals surface area contributed by atoms with Crippen molar-refractivity contribution in [2.24, 2.45) is 0 Å². The standard InChI is InChI=1S/C20H27NO5S/c1-15-4-6-18(7-5-15)25-11-10-21-13-17(22)14-26-19-8-9-20(16(2)12-19)27(3,23)24/h4-9,12,17,21-22H,10-11,13-14H2,1-3H3. The van der Waals surface area contributed by atoms with Gasteiger partial charge in [0.15, 0.2) is 9.84 Å². The summed E-state index contributed by atoms with van der Waals surface area (Å²) in [5, 5.41) is 13.1. The van der Waals surface area contributed by atoms with Crippen molar-refractivity contribution < 1.29 is 23.0 Å². The Bertz CT molecular complexity index is 834. The molecule has 0 aromatic heterocycles. The minimum atomic E-state index is -3.25. The van der Waals surface area contributed by atoms with Crippen LogP contribution in [0.2, 0.25) is 0 Å². The SMILES string of the molecule is Cc1ccc(OCCNCC(O)COc2ccc(S(C)(=O)=O)c(C)c2)cc1. The fourth-order valence-electron chi connectivity index (χ4n) is 2.52. The molecule has 1 unspecified atom stereocenters. The van der Waals surface area contributed by atoms with Crippen LogP contribution in [0.1, 0.15) is 11.1 Å². The molecule has 6 nitrogen and oxygen atoms in total. The van der Waals surface area contributed by atoms with E-state index in [9.17, 15) is 13.5 Å². The first-order valence-corrected chi connectivity index (χ1v) is 10.7. The van der Waals surface area contributed by atoms with Gasteiger partial charge in [-0.2, -0.15) is 0 Å². The van der Waals surface area contributed by atoms with Gasteiger partial charge in [-0.05, 0) is 49.7 Å². The molecule has 0 bridgehead atoms. The molecule has 2 N–H and O–H groups in total. The number of sulfone groups is 1. The molecule has 0 saturated heterocycles. The quantitative estimate of drug-likeness (QED) is 0.602. The van der Waals surface area contributed by atoms with Crippen molar-refractivity contribution in [2.45, 2.75) is 24.8 Å². The summed E-state index contributed by atoms with van der Waals surface area (Å²) in [5.41, 5.74) is 1.81. The van der Waals surface area contributed by atoms with E-state index in [0.29, 0.717) is 31.0 Å². The number of aryl methyl sites for hydroxylation is 2. The maximum absolute atomic E-state index is 11.6. The van der Waals surface area contributed by atoms with Crippen LogP contribution in [0.5, 0.6) is 11.5 Å². The van der Waals surface area contributed by atoms with Gasteiger partial charge in [0.2, 0.25) is 0 Å². The Morgan fingerprint density at radius 3 is 2.33 bits per heavy atom. The number of hydrogen-bond donors (Lipinski definition) is 2. The van der Waals surface area contributed by atoms with Gasteiger partial charge in [0.25, 0.3) is 0 Å². The Morgan fingerprint density at radius 2 is 1.70 bits per heavy atom. The lowest BCUT2D eigenvalue weighted by atomic mass is 10.2. The largest absolute Gasteiger partial charge is 0.492 e. The summed E-state index contributed by atoms with van der Waals surface area (Å²) in [6.45, 7) is 5.34. The molecule has 0 amide bonds. The van der Waals surface area contributed by atoms with Gasteiger partial charge >= 0.3 is 0 Å². The van der Waals surface area contributed by atoms with Crippen molar-refractivity contribution in [1.82, 2.24) is 5.32 Å². The molecule has 1 atom stereocenters. The van der Waals surface area contributed by atoms with Crippen LogP contribution >= 0.6 is 0 Å². The van der Waals surface area contributed by atoms with E-state index in [1.54, 1.807) is 19.1 Å². The van der Waals surface area contributed by atoms with E-state index >= 15 is 0 Å². The minimum absolute atomic E-state index is 0.115. The molecule has 0 aliphatic carbocycles. The minimum Gasteiger partial charge on any atom is -0.492 e. The molecule has 0 spiro atoms. The highest BCUT2D eigenvalue weighted by molar-refractivity contribution is 7.90.